The van der Waals surface area contributed by atoms with Gasteiger partial charge in [0, 0.05) is 30.7 Å². The number of aromatic nitrogens is 1. The maximum absolute atomic E-state index is 12.2. The molecule has 1 amide bonds. The van der Waals surface area contributed by atoms with E-state index >= 15 is 0 Å². The lowest BCUT2D eigenvalue weighted by Crippen LogP contribution is -2.43. The maximum Gasteiger partial charge on any atom is 0.239 e. The number of para-hydroxylation sites is 1. The normalized spacial score (nSPS) is 12.3. The quantitative estimate of drug-likeness (QED) is 0.818. The van der Waals surface area contributed by atoms with Gasteiger partial charge in [-0.2, -0.15) is 0 Å². The van der Waals surface area contributed by atoms with Gasteiger partial charge in [0.1, 0.15) is 0 Å². The van der Waals surface area contributed by atoms with E-state index in [0.29, 0.717) is 13.0 Å². The fourth-order valence-corrected chi connectivity index (χ4v) is 2.39. The molecule has 0 spiro atoms. The Hall–Kier alpha value is -2.07. The number of hydrogen-bond donors (Lipinski definition) is 2. The lowest BCUT2D eigenvalue weighted by atomic mass is 10.0. The number of amides is 1. The molecule has 0 unspecified atom stereocenters. The molecule has 2 aromatic rings. The molecular weight excluding hydrogens is 250 g/mol. The van der Waals surface area contributed by atoms with Gasteiger partial charge in [-0.3, -0.25) is 4.79 Å². The second kappa shape index (κ2) is 5.92. The van der Waals surface area contributed by atoms with Crippen LogP contribution in [0.25, 0.3) is 10.9 Å². The molecule has 0 saturated carbocycles. The van der Waals surface area contributed by atoms with Crippen molar-refractivity contribution in [2.45, 2.75) is 19.4 Å². The summed E-state index contributed by atoms with van der Waals surface area (Å²) in [4.78, 5) is 17.0. The van der Waals surface area contributed by atoms with Crippen molar-refractivity contribution in [3.05, 3.63) is 48.2 Å². The van der Waals surface area contributed by atoms with E-state index < -0.39 is 6.04 Å². The first-order chi connectivity index (χ1) is 9.49. The Morgan fingerprint density at radius 3 is 2.85 bits per heavy atom. The van der Waals surface area contributed by atoms with Crippen LogP contribution in [-0.2, 0) is 11.2 Å². The van der Waals surface area contributed by atoms with Gasteiger partial charge in [-0.05, 0) is 25.0 Å². The molecular formula is C16H21N3O. The molecule has 4 heteroatoms. The summed E-state index contributed by atoms with van der Waals surface area (Å²) in [5, 5.41) is 1.12. The number of nitrogens with two attached hydrogens (primary N) is 1. The van der Waals surface area contributed by atoms with Crippen LogP contribution in [0.3, 0.4) is 0 Å². The highest BCUT2D eigenvalue weighted by Gasteiger charge is 2.19. The molecule has 0 bridgehead atoms. The van der Waals surface area contributed by atoms with Crippen molar-refractivity contribution in [3.63, 3.8) is 0 Å². The average Bonchev–Trinajstić information content (AvgIpc) is 2.80. The van der Waals surface area contributed by atoms with E-state index in [2.05, 4.69) is 11.6 Å². The van der Waals surface area contributed by atoms with Gasteiger partial charge < -0.3 is 15.6 Å². The van der Waals surface area contributed by atoms with E-state index in [4.69, 9.17) is 5.73 Å². The van der Waals surface area contributed by atoms with Crippen LogP contribution in [-0.4, -0.2) is 35.4 Å². The number of benzene rings is 1. The molecule has 0 saturated heterocycles. The monoisotopic (exact) mass is 271 g/mol. The Labute approximate surface area is 119 Å². The van der Waals surface area contributed by atoms with Crippen LogP contribution in [0.1, 0.15) is 12.5 Å². The molecule has 2 rings (SSSR count). The molecule has 20 heavy (non-hydrogen) atoms. The number of nitrogens with one attached hydrogen (secondary N) is 1. The Morgan fingerprint density at radius 1 is 1.45 bits per heavy atom. The number of aromatic amines is 1. The SMILES string of the molecule is C=C(C)CN(C)C(=O)[C@@H](N)Cc1c[nH]c2ccccc12. The summed E-state index contributed by atoms with van der Waals surface area (Å²) in [6.07, 6.45) is 2.46. The highest BCUT2D eigenvalue weighted by atomic mass is 16.2. The molecule has 0 aliphatic heterocycles. The number of fused-ring (bicyclic) bond motifs is 1. The first kappa shape index (κ1) is 14.3. The van der Waals surface area contributed by atoms with Crippen molar-refractivity contribution in [1.29, 1.82) is 0 Å². The third kappa shape index (κ3) is 3.08. The van der Waals surface area contributed by atoms with Gasteiger partial charge in [0.25, 0.3) is 0 Å². The third-order valence-electron chi connectivity index (χ3n) is 3.32. The fourth-order valence-electron chi connectivity index (χ4n) is 2.39. The molecule has 3 N–H and O–H groups in total. The van der Waals surface area contributed by atoms with Gasteiger partial charge in [0.15, 0.2) is 0 Å². The van der Waals surface area contributed by atoms with Crippen molar-refractivity contribution in [1.82, 2.24) is 9.88 Å². The second-order valence-corrected chi connectivity index (χ2v) is 5.32. The number of carbonyl (C=O) groups is 1. The van der Waals surface area contributed by atoms with E-state index in [1.54, 1.807) is 11.9 Å². The van der Waals surface area contributed by atoms with E-state index in [1.807, 2.05) is 37.4 Å². The topological polar surface area (TPSA) is 62.1 Å². The minimum Gasteiger partial charge on any atom is -0.361 e. The summed E-state index contributed by atoms with van der Waals surface area (Å²) < 4.78 is 0. The highest BCUT2D eigenvalue weighted by Crippen LogP contribution is 2.19. The molecule has 1 aromatic carbocycles. The third-order valence-corrected chi connectivity index (χ3v) is 3.32. The van der Waals surface area contributed by atoms with Crippen LogP contribution in [0, 0.1) is 0 Å². The number of nitrogens with zero attached hydrogens (tertiary/aromatic N) is 1. The highest BCUT2D eigenvalue weighted by molar-refractivity contribution is 5.86. The van der Waals surface area contributed by atoms with Crippen LogP contribution >= 0.6 is 0 Å². The molecule has 1 atom stereocenters. The van der Waals surface area contributed by atoms with Crippen LogP contribution in [0.4, 0.5) is 0 Å². The summed E-state index contributed by atoms with van der Waals surface area (Å²) in [7, 11) is 1.76. The molecule has 106 valence electrons. The molecule has 4 nitrogen and oxygen atoms in total. The minimum absolute atomic E-state index is 0.0571. The Kier molecular flexibility index (Phi) is 4.25. The van der Waals surface area contributed by atoms with Crippen LogP contribution in [0.2, 0.25) is 0 Å². The zero-order valence-electron chi connectivity index (χ0n) is 12.0. The van der Waals surface area contributed by atoms with Gasteiger partial charge in [-0.15, -0.1) is 0 Å². The Balaban J connectivity index is 2.09. The van der Waals surface area contributed by atoms with Crippen LogP contribution in [0.15, 0.2) is 42.6 Å². The summed E-state index contributed by atoms with van der Waals surface area (Å²) >= 11 is 0. The zero-order valence-corrected chi connectivity index (χ0v) is 12.0. The van der Waals surface area contributed by atoms with Gasteiger partial charge in [0.2, 0.25) is 5.91 Å². The minimum atomic E-state index is -0.529. The molecule has 1 aromatic heterocycles. The summed E-state index contributed by atoms with van der Waals surface area (Å²) in [5.74, 6) is -0.0571. The maximum atomic E-state index is 12.2. The number of hydrogen-bond acceptors (Lipinski definition) is 2. The standard InChI is InChI=1S/C16H21N3O/c1-11(2)10-19(3)16(20)14(17)8-12-9-18-15-7-5-4-6-13(12)15/h4-7,9,14,18H,1,8,10,17H2,2-3H3/t14-/m0/s1. The lowest BCUT2D eigenvalue weighted by molar-refractivity contribution is -0.130. The van der Waals surface area contributed by atoms with E-state index in [-0.39, 0.29) is 5.91 Å². The fraction of sp³-hybridized carbons (Fsp3) is 0.312. The van der Waals surface area contributed by atoms with E-state index in [1.165, 1.54) is 0 Å². The molecule has 0 aliphatic rings. The largest absolute Gasteiger partial charge is 0.361 e. The average molecular weight is 271 g/mol. The smallest absolute Gasteiger partial charge is 0.239 e. The van der Waals surface area contributed by atoms with Crippen LogP contribution in [0.5, 0.6) is 0 Å². The zero-order chi connectivity index (χ0) is 14.7. The van der Waals surface area contributed by atoms with Gasteiger partial charge in [-0.25, -0.2) is 0 Å². The number of carbonyl (C=O) groups excluding carboxylic acids is 1. The molecule has 1 heterocycles. The summed E-state index contributed by atoms with van der Waals surface area (Å²) in [6, 6.07) is 7.49. The predicted octanol–water partition coefficient (Wildman–Crippen LogP) is 2.07. The number of likely N-dealkylation sites (N-methyl/N-ethyl adjacent to an activating group) is 1. The van der Waals surface area contributed by atoms with E-state index in [0.717, 1.165) is 22.0 Å². The Morgan fingerprint density at radius 2 is 2.15 bits per heavy atom. The predicted molar refractivity (Wildman–Crippen MR) is 82.4 cm³/mol. The summed E-state index contributed by atoms with van der Waals surface area (Å²) in [6.45, 7) is 6.25. The molecule has 0 aliphatic carbocycles. The van der Waals surface area contributed by atoms with Crippen molar-refractivity contribution in [3.8, 4) is 0 Å². The van der Waals surface area contributed by atoms with Crippen molar-refractivity contribution >= 4 is 16.8 Å². The Bertz CT molecular complexity index is 629. The summed E-state index contributed by atoms with van der Waals surface area (Å²) in [5.41, 5.74) is 9.13. The number of rotatable bonds is 5. The van der Waals surface area contributed by atoms with Gasteiger partial charge >= 0.3 is 0 Å². The van der Waals surface area contributed by atoms with E-state index in [9.17, 15) is 4.79 Å². The van der Waals surface area contributed by atoms with Crippen molar-refractivity contribution < 1.29 is 4.79 Å². The molecule has 0 fully saturated rings. The number of H-pyrrole nitrogens is 1. The van der Waals surface area contributed by atoms with Crippen molar-refractivity contribution in [2.75, 3.05) is 13.6 Å². The first-order valence-electron chi connectivity index (χ1n) is 6.69. The second-order valence-electron chi connectivity index (χ2n) is 5.32. The lowest BCUT2D eigenvalue weighted by Gasteiger charge is -2.21. The molecule has 0 radical (unpaired) electrons. The van der Waals surface area contributed by atoms with Gasteiger partial charge in [-0.1, -0.05) is 30.4 Å². The van der Waals surface area contributed by atoms with Crippen molar-refractivity contribution in [2.24, 2.45) is 5.73 Å². The van der Waals surface area contributed by atoms with Crippen LogP contribution < -0.4 is 5.73 Å². The van der Waals surface area contributed by atoms with Gasteiger partial charge in [0.05, 0.1) is 6.04 Å². The first-order valence-corrected chi connectivity index (χ1v) is 6.69.